The summed E-state index contributed by atoms with van der Waals surface area (Å²) in [7, 11) is 0. The minimum absolute atomic E-state index is 0.0544. The molecule has 68 valence electrons. The van der Waals surface area contributed by atoms with Gasteiger partial charge in [-0.3, -0.25) is 9.78 Å². The molecule has 0 saturated carbocycles. The zero-order valence-electron chi connectivity index (χ0n) is 6.88. The van der Waals surface area contributed by atoms with E-state index < -0.39 is 5.97 Å². The molecule has 1 aromatic heterocycles. The van der Waals surface area contributed by atoms with E-state index in [2.05, 4.69) is 4.98 Å². The summed E-state index contributed by atoms with van der Waals surface area (Å²) in [6, 6.07) is 5.61. The molecule has 0 radical (unpaired) electrons. The first kappa shape index (κ1) is 8.56. The number of carboxylic acid groups (broad SMARTS) is 1. The molecular weight excluding hydrogens is 186 g/mol. The van der Waals surface area contributed by atoms with E-state index in [-0.39, 0.29) is 11.2 Å². The third kappa shape index (κ3) is 1.54. The second kappa shape index (κ2) is 3.38. The summed E-state index contributed by atoms with van der Waals surface area (Å²) in [4.78, 5) is 14.9. The highest BCUT2D eigenvalue weighted by atomic mass is 32.2. The molecule has 1 aliphatic heterocycles. The Hall–Kier alpha value is -1.03. The first-order chi connectivity index (χ1) is 6.29. The fourth-order valence-electron chi connectivity index (χ4n) is 1.33. The second-order valence-electron chi connectivity index (χ2n) is 2.95. The number of thioether (sulfide) groups is 1. The van der Waals surface area contributed by atoms with E-state index >= 15 is 0 Å². The van der Waals surface area contributed by atoms with Crippen molar-refractivity contribution in [1.82, 2.24) is 4.98 Å². The Labute approximate surface area is 80.2 Å². The Balaban J connectivity index is 2.15. The lowest BCUT2D eigenvalue weighted by molar-refractivity contribution is -0.141. The average Bonchev–Trinajstić information content (AvgIpc) is 2.02. The number of hydrogen-bond donors (Lipinski definition) is 1. The smallest absolute Gasteiger partial charge is 0.308 e. The molecule has 2 rings (SSSR count). The molecule has 4 heteroatoms. The van der Waals surface area contributed by atoms with Gasteiger partial charge in [-0.15, -0.1) is 0 Å². The summed E-state index contributed by atoms with van der Waals surface area (Å²) >= 11 is 1.65. The molecule has 1 aliphatic rings. The van der Waals surface area contributed by atoms with Crippen LogP contribution in [0.5, 0.6) is 0 Å². The lowest BCUT2D eigenvalue weighted by atomic mass is 10.0. The zero-order chi connectivity index (χ0) is 9.26. The van der Waals surface area contributed by atoms with Crippen LogP contribution in [-0.4, -0.2) is 21.8 Å². The summed E-state index contributed by atoms with van der Waals surface area (Å²) in [6.45, 7) is 0. The van der Waals surface area contributed by atoms with Crippen molar-refractivity contribution in [1.29, 1.82) is 0 Å². The Kier molecular flexibility index (Phi) is 2.22. The molecule has 13 heavy (non-hydrogen) atoms. The monoisotopic (exact) mass is 195 g/mol. The fourth-order valence-corrected chi connectivity index (χ4v) is 2.47. The Morgan fingerprint density at radius 3 is 2.92 bits per heavy atom. The van der Waals surface area contributed by atoms with Crippen molar-refractivity contribution in [3.8, 4) is 0 Å². The molecule has 1 saturated heterocycles. The molecule has 1 aromatic rings. The summed E-state index contributed by atoms with van der Waals surface area (Å²) < 4.78 is 0. The van der Waals surface area contributed by atoms with Crippen LogP contribution in [0.2, 0.25) is 0 Å². The summed E-state index contributed by atoms with van der Waals surface area (Å²) in [5, 5.41) is 8.88. The lowest BCUT2D eigenvalue weighted by Crippen LogP contribution is -2.31. The predicted molar refractivity (Wildman–Crippen MR) is 50.6 cm³/mol. The van der Waals surface area contributed by atoms with Crippen LogP contribution in [0.3, 0.4) is 0 Å². The lowest BCUT2D eigenvalue weighted by Gasteiger charge is -2.31. The Bertz CT molecular complexity index is 315. The van der Waals surface area contributed by atoms with Crippen molar-refractivity contribution in [3.63, 3.8) is 0 Å². The largest absolute Gasteiger partial charge is 0.481 e. The van der Waals surface area contributed by atoms with Crippen LogP contribution >= 0.6 is 11.8 Å². The molecule has 1 N–H and O–H groups in total. The molecule has 0 amide bonds. The molecule has 0 bridgehead atoms. The van der Waals surface area contributed by atoms with Gasteiger partial charge in [0.25, 0.3) is 0 Å². The van der Waals surface area contributed by atoms with Crippen LogP contribution in [0, 0.1) is 5.92 Å². The van der Waals surface area contributed by atoms with Crippen LogP contribution < -0.4 is 0 Å². The van der Waals surface area contributed by atoms with E-state index in [1.54, 1.807) is 18.0 Å². The van der Waals surface area contributed by atoms with Crippen molar-refractivity contribution in [2.24, 2.45) is 5.92 Å². The van der Waals surface area contributed by atoms with Gasteiger partial charge in [0.1, 0.15) is 0 Å². The number of nitrogens with zero attached hydrogens (tertiary/aromatic N) is 1. The topological polar surface area (TPSA) is 50.2 Å². The first-order valence-electron chi connectivity index (χ1n) is 4.04. The van der Waals surface area contributed by atoms with Gasteiger partial charge in [0.05, 0.1) is 16.9 Å². The van der Waals surface area contributed by atoms with Crippen LogP contribution in [0.15, 0.2) is 24.4 Å². The van der Waals surface area contributed by atoms with Gasteiger partial charge in [-0.25, -0.2) is 0 Å². The molecule has 0 spiro atoms. The highest BCUT2D eigenvalue weighted by Gasteiger charge is 2.39. The molecule has 2 unspecified atom stereocenters. The van der Waals surface area contributed by atoms with Crippen LogP contribution in [0.25, 0.3) is 0 Å². The summed E-state index contributed by atoms with van der Waals surface area (Å²) in [5.41, 5.74) is 0.881. The highest BCUT2D eigenvalue weighted by Crippen LogP contribution is 2.46. The minimum atomic E-state index is -0.714. The number of carboxylic acids is 1. The molecule has 2 atom stereocenters. The van der Waals surface area contributed by atoms with Crippen molar-refractivity contribution in [3.05, 3.63) is 30.1 Å². The predicted octanol–water partition coefficient (Wildman–Crippen LogP) is 1.57. The van der Waals surface area contributed by atoms with Gasteiger partial charge >= 0.3 is 5.97 Å². The highest BCUT2D eigenvalue weighted by molar-refractivity contribution is 8.01. The summed E-state index contributed by atoms with van der Waals surface area (Å²) in [6.07, 6.45) is 1.70. The fraction of sp³-hybridized carbons (Fsp3) is 0.333. The quantitative estimate of drug-likeness (QED) is 0.778. The maximum Gasteiger partial charge on any atom is 0.308 e. The third-order valence-electron chi connectivity index (χ3n) is 2.12. The number of aromatic nitrogens is 1. The van der Waals surface area contributed by atoms with Gasteiger partial charge in [-0.1, -0.05) is 6.07 Å². The van der Waals surface area contributed by atoms with E-state index in [9.17, 15) is 4.79 Å². The number of pyridine rings is 1. The molecular formula is C9H9NO2S. The van der Waals surface area contributed by atoms with Crippen molar-refractivity contribution < 1.29 is 9.90 Å². The Morgan fingerprint density at radius 1 is 1.62 bits per heavy atom. The molecule has 1 fully saturated rings. The number of hydrogen-bond acceptors (Lipinski definition) is 3. The van der Waals surface area contributed by atoms with E-state index in [0.717, 1.165) is 5.69 Å². The number of rotatable bonds is 2. The van der Waals surface area contributed by atoms with Crippen LogP contribution in [0.4, 0.5) is 0 Å². The van der Waals surface area contributed by atoms with Gasteiger partial charge in [0, 0.05) is 11.9 Å². The van der Waals surface area contributed by atoms with Crippen LogP contribution in [-0.2, 0) is 4.79 Å². The van der Waals surface area contributed by atoms with Gasteiger partial charge in [0.15, 0.2) is 0 Å². The maximum atomic E-state index is 10.7. The number of aliphatic carboxylic acids is 1. The van der Waals surface area contributed by atoms with Gasteiger partial charge in [-0.2, -0.15) is 11.8 Å². The molecule has 0 aliphatic carbocycles. The average molecular weight is 195 g/mol. The normalized spacial score (nSPS) is 26.5. The summed E-state index contributed by atoms with van der Waals surface area (Å²) in [5.74, 6) is -0.259. The first-order valence-corrected chi connectivity index (χ1v) is 5.09. The molecule has 3 nitrogen and oxygen atoms in total. The van der Waals surface area contributed by atoms with Gasteiger partial charge < -0.3 is 5.11 Å². The van der Waals surface area contributed by atoms with Crippen molar-refractivity contribution >= 4 is 17.7 Å². The van der Waals surface area contributed by atoms with Crippen molar-refractivity contribution in [2.75, 3.05) is 5.75 Å². The maximum absolute atomic E-state index is 10.7. The SMILES string of the molecule is O=C(O)C1CSC1c1ccccn1. The van der Waals surface area contributed by atoms with E-state index in [1.165, 1.54) is 0 Å². The minimum Gasteiger partial charge on any atom is -0.481 e. The van der Waals surface area contributed by atoms with E-state index in [1.807, 2.05) is 18.2 Å². The van der Waals surface area contributed by atoms with Gasteiger partial charge in [-0.05, 0) is 12.1 Å². The number of carbonyl (C=O) groups is 1. The van der Waals surface area contributed by atoms with E-state index in [4.69, 9.17) is 5.11 Å². The standard InChI is InChI=1S/C9H9NO2S/c11-9(12)6-5-13-8(6)7-3-1-2-4-10-7/h1-4,6,8H,5H2,(H,11,12). The molecule has 0 aromatic carbocycles. The third-order valence-corrected chi connectivity index (χ3v) is 3.60. The van der Waals surface area contributed by atoms with Crippen molar-refractivity contribution in [2.45, 2.75) is 5.25 Å². The zero-order valence-corrected chi connectivity index (χ0v) is 7.70. The van der Waals surface area contributed by atoms with Gasteiger partial charge in [0.2, 0.25) is 0 Å². The van der Waals surface area contributed by atoms with E-state index in [0.29, 0.717) is 5.75 Å². The molecule has 2 heterocycles. The Morgan fingerprint density at radius 2 is 2.46 bits per heavy atom. The van der Waals surface area contributed by atoms with Crippen LogP contribution in [0.1, 0.15) is 10.9 Å². The second-order valence-corrected chi connectivity index (χ2v) is 4.13.